The molecule has 2 rings (SSSR count). The van der Waals surface area contributed by atoms with E-state index in [-0.39, 0.29) is 11.9 Å². The molecule has 0 aliphatic rings. The summed E-state index contributed by atoms with van der Waals surface area (Å²) in [6.07, 6.45) is 1.05. The van der Waals surface area contributed by atoms with Gasteiger partial charge in [-0.3, -0.25) is 4.79 Å². The number of Topliss-reactive ketones (excluding diaryl/α,β-unsaturated/α-hetero) is 1. The molecule has 0 aliphatic heterocycles. The standard InChI is InChI=1S/C18H19Cl2NO2/c1-3-11(2)23-14-7-4-12(5-8-14)18(22)17(21)13-6-9-15(19)16(20)10-13/h4-11,17H,3,21H2,1-2H3. The first kappa shape index (κ1) is 17.8. The molecule has 0 aliphatic carbocycles. The summed E-state index contributed by atoms with van der Waals surface area (Å²) < 4.78 is 5.70. The summed E-state index contributed by atoms with van der Waals surface area (Å²) in [5, 5.41) is 0.811. The first-order valence-corrected chi connectivity index (χ1v) is 8.19. The third kappa shape index (κ3) is 4.47. The van der Waals surface area contributed by atoms with Crippen LogP contribution in [0.25, 0.3) is 0 Å². The monoisotopic (exact) mass is 351 g/mol. The number of hydrogen-bond donors (Lipinski definition) is 1. The minimum absolute atomic E-state index is 0.134. The largest absolute Gasteiger partial charge is 0.491 e. The van der Waals surface area contributed by atoms with Gasteiger partial charge in [0, 0.05) is 5.56 Å². The molecule has 3 nitrogen and oxygen atoms in total. The minimum atomic E-state index is -0.786. The van der Waals surface area contributed by atoms with Gasteiger partial charge in [-0.1, -0.05) is 36.2 Å². The number of hydrogen-bond acceptors (Lipinski definition) is 3. The topological polar surface area (TPSA) is 52.3 Å². The lowest BCUT2D eigenvalue weighted by molar-refractivity contribution is 0.0961. The van der Waals surface area contributed by atoms with Crippen molar-refractivity contribution in [2.24, 2.45) is 5.73 Å². The van der Waals surface area contributed by atoms with E-state index in [4.69, 9.17) is 33.7 Å². The molecule has 2 N–H and O–H groups in total. The lowest BCUT2D eigenvalue weighted by atomic mass is 9.98. The van der Waals surface area contributed by atoms with Crippen molar-refractivity contribution in [2.45, 2.75) is 32.4 Å². The van der Waals surface area contributed by atoms with Crippen molar-refractivity contribution in [2.75, 3.05) is 0 Å². The molecular weight excluding hydrogens is 333 g/mol. The first-order valence-electron chi connectivity index (χ1n) is 7.43. The van der Waals surface area contributed by atoms with Gasteiger partial charge in [0.05, 0.1) is 22.2 Å². The highest BCUT2D eigenvalue weighted by atomic mass is 35.5. The summed E-state index contributed by atoms with van der Waals surface area (Å²) in [5.41, 5.74) is 7.20. The van der Waals surface area contributed by atoms with E-state index in [2.05, 4.69) is 6.92 Å². The van der Waals surface area contributed by atoms with Gasteiger partial charge in [0.25, 0.3) is 0 Å². The van der Waals surface area contributed by atoms with Crippen LogP contribution < -0.4 is 10.5 Å². The van der Waals surface area contributed by atoms with Gasteiger partial charge >= 0.3 is 0 Å². The Morgan fingerprint density at radius 2 is 1.78 bits per heavy atom. The molecule has 0 aromatic heterocycles. The number of carbonyl (C=O) groups is 1. The van der Waals surface area contributed by atoms with E-state index < -0.39 is 6.04 Å². The van der Waals surface area contributed by atoms with Crippen LogP contribution in [-0.2, 0) is 0 Å². The molecule has 0 heterocycles. The zero-order chi connectivity index (χ0) is 17.0. The van der Waals surface area contributed by atoms with E-state index in [0.717, 1.165) is 12.2 Å². The second-order valence-corrected chi connectivity index (χ2v) is 6.19. The Labute approximate surface area is 146 Å². The summed E-state index contributed by atoms with van der Waals surface area (Å²) >= 11 is 11.9. The van der Waals surface area contributed by atoms with Crippen LogP contribution in [0.3, 0.4) is 0 Å². The molecule has 0 spiro atoms. The second kappa shape index (κ2) is 7.82. The Morgan fingerprint density at radius 1 is 1.13 bits per heavy atom. The molecule has 0 saturated heterocycles. The zero-order valence-corrected chi connectivity index (χ0v) is 14.6. The van der Waals surface area contributed by atoms with Crippen molar-refractivity contribution in [1.82, 2.24) is 0 Å². The fourth-order valence-electron chi connectivity index (χ4n) is 2.05. The second-order valence-electron chi connectivity index (χ2n) is 5.38. The number of nitrogens with two attached hydrogens (primary N) is 1. The SMILES string of the molecule is CCC(C)Oc1ccc(C(=O)C(N)c2ccc(Cl)c(Cl)c2)cc1. The van der Waals surface area contributed by atoms with Crippen molar-refractivity contribution in [3.05, 3.63) is 63.6 Å². The van der Waals surface area contributed by atoms with E-state index >= 15 is 0 Å². The molecule has 2 atom stereocenters. The number of ketones is 1. The molecule has 0 amide bonds. The summed E-state index contributed by atoms with van der Waals surface area (Å²) in [6, 6.07) is 11.2. The molecule has 0 fully saturated rings. The van der Waals surface area contributed by atoms with Crippen molar-refractivity contribution >= 4 is 29.0 Å². The molecule has 2 aromatic carbocycles. The molecule has 122 valence electrons. The maximum atomic E-state index is 12.5. The van der Waals surface area contributed by atoms with E-state index in [0.29, 0.717) is 21.2 Å². The molecule has 2 aromatic rings. The van der Waals surface area contributed by atoms with Crippen molar-refractivity contribution in [3.8, 4) is 5.75 Å². The van der Waals surface area contributed by atoms with Crippen LogP contribution in [0.15, 0.2) is 42.5 Å². The molecule has 5 heteroatoms. The van der Waals surface area contributed by atoms with Crippen LogP contribution in [0.1, 0.15) is 42.2 Å². The number of ether oxygens (including phenoxy) is 1. The van der Waals surface area contributed by atoms with Crippen LogP contribution in [0.5, 0.6) is 5.75 Å². The van der Waals surface area contributed by atoms with E-state index in [1.165, 1.54) is 0 Å². The molecule has 2 unspecified atom stereocenters. The van der Waals surface area contributed by atoms with Crippen LogP contribution in [0.4, 0.5) is 0 Å². The maximum Gasteiger partial charge on any atom is 0.184 e. The van der Waals surface area contributed by atoms with Gasteiger partial charge in [-0.25, -0.2) is 0 Å². The van der Waals surface area contributed by atoms with Gasteiger partial charge in [0.2, 0.25) is 0 Å². The highest BCUT2D eigenvalue weighted by Gasteiger charge is 2.18. The Morgan fingerprint density at radius 3 is 2.35 bits per heavy atom. The van der Waals surface area contributed by atoms with E-state index in [9.17, 15) is 4.79 Å². The fraction of sp³-hybridized carbons (Fsp3) is 0.278. The molecule has 23 heavy (non-hydrogen) atoms. The maximum absolute atomic E-state index is 12.5. The average molecular weight is 352 g/mol. The molecule has 0 saturated carbocycles. The average Bonchev–Trinajstić information content (AvgIpc) is 2.56. The summed E-state index contributed by atoms with van der Waals surface area (Å²) in [5.74, 6) is 0.553. The Bertz CT molecular complexity index is 686. The van der Waals surface area contributed by atoms with Gasteiger partial charge in [-0.15, -0.1) is 0 Å². The smallest absolute Gasteiger partial charge is 0.184 e. The fourth-order valence-corrected chi connectivity index (χ4v) is 2.36. The van der Waals surface area contributed by atoms with Crippen LogP contribution in [0.2, 0.25) is 10.0 Å². The first-order chi connectivity index (χ1) is 10.9. The predicted molar refractivity (Wildman–Crippen MR) is 94.5 cm³/mol. The Balaban J connectivity index is 2.14. The summed E-state index contributed by atoms with van der Waals surface area (Å²) in [6.45, 7) is 4.05. The number of benzene rings is 2. The Hall–Kier alpha value is -1.55. The zero-order valence-electron chi connectivity index (χ0n) is 13.1. The normalized spacial score (nSPS) is 13.4. The number of rotatable bonds is 6. The third-order valence-corrected chi connectivity index (χ3v) is 4.38. The summed E-state index contributed by atoms with van der Waals surface area (Å²) in [4.78, 5) is 12.5. The highest BCUT2D eigenvalue weighted by molar-refractivity contribution is 6.42. The van der Waals surface area contributed by atoms with Gasteiger partial charge in [0.15, 0.2) is 5.78 Å². The highest BCUT2D eigenvalue weighted by Crippen LogP contribution is 2.26. The Kier molecular flexibility index (Phi) is 6.05. The lowest BCUT2D eigenvalue weighted by Crippen LogP contribution is -2.21. The molecular formula is C18H19Cl2NO2. The predicted octanol–water partition coefficient (Wildman–Crippen LogP) is 5.05. The van der Waals surface area contributed by atoms with Crippen LogP contribution in [-0.4, -0.2) is 11.9 Å². The quantitative estimate of drug-likeness (QED) is 0.740. The van der Waals surface area contributed by atoms with Crippen LogP contribution in [0, 0.1) is 0 Å². The van der Waals surface area contributed by atoms with Gasteiger partial charge < -0.3 is 10.5 Å². The van der Waals surface area contributed by atoms with Crippen molar-refractivity contribution in [3.63, 3.8) is 0 Å². The van der Waals surface area contributed by atoms with Gasteiger partial charge in [-0.05, 0) is 55.3 Å². The van der Waals surface area contributed by atoms with E-state index in [1.807, 2.05) is 6.92 Å². The summed E-state index contributed by atoms with van der Waals surface area (Å²) in [7, 11) is 0. The lowest BCUT2D eigenvalue weighted by Gasteiger charge is -2.14. The van der Waals surface area contributed by atoms with Crippen molar-refractivity contribution < 1.29 is 9.53 Å². The minimum Gasteiger partial charge on any atom is -0.491 e. The molecule has 0 bridgehead atoms. The number of carbonyl (C=O) groups excluding carboxylic acids is 1. The molecule has 0 radical (unpaired) electrons. The number of halogens is 2. The van der Waals surface area contributed by atoms with Gasteiger partial charge in [0.1, 0.15) is 5.75 Å². The van der Waals surface area contributed by atoms with Crippen molar-refractivity contribution in [1.29, 1.82) is 0 Å². The van der Waals surface area contributed by atoms with Gasteiger partial charge in [-0.2, -0.15) is 0 Å². The van der Waals surface area contributed by atoms with E-state index in [1.54, 1.807) is 42.5 Å². The van der Waals surface area contributed by atoms with Crippen LogP contribution >= 0.6 is 23.2 Å². The third-order valence-electron chi connectivity index (χ3n) is 3.64.